The Hall–Kier alpha value is -1.33. The molecule has 1 aromatic heterocycles. The van der Waals surface area contributed by atoms with Crippen LogP contribution in [0.15, 0.2) is 60.7 Å². The molecule has 21 heavy (non-hydrogen) atoms. The molecule has 0 saturated carbocycles. The van der Waals surface area contributed by atoms with Crippen LogP contribution in [0.3, 0.4) is 0 Å². The molecule has 0 unspecified atom stereocenters. The van der Waals surface area contributed by atoms with E-state index in [4.69, 9.17) is 4.74 Å². The molecule has 106 valence electrons. The van der Waals surface area contributed by atoms with Gasteiger partial charge < -0.3 is 4.74 Å². The van der Waals surface area contributed by atoms with Crippen molar-refractivity contribution in [2.45, 2.75) is 6.92 Å². The van der Waals surface area contributed by atoms with Crippen LogP contribution in [0.25, 0.3) is 21.6 Å². The summed E-state index contributed by atoms with van der Waals surface area (Å²) in [4.78, 5) is 1.32. The lowest BCUT2D eigenvalue weighted by Gasteiger charge is -2.06. The molecule has 2 aromatic carbocycles. The summed E-state index contributed by atoms with van der Waals surface area (Å²) in [6, 6.07) is 21.3. The van der Waals surface area contributed by atoms with Gasteiger partial charge in [-0.1, -0.05) is 36.4 Å². The van der Waals surface area contributed by atoms with E-state index in [9.17, 15) is 0 Å². The number of rotatable bonds is 4. The molecule has 3 heteroatoms. The minimum atomic E-state index is 0.702. The molecule has 0 fully saturated rings. The first kappa shape index (κ1) is 14.6. The summed E-state index contributed by atoms with van der Waals surface area (Å²) in [5, 5.41) is 0. The highest BCUT2D eigenvalue weighted by Crippen LogP contribution is 2.31. The van der Waals surface area contributed by atoms with Gasteiger partial charge in [-0.15, -0.1) is 11.3 Å². The van der Waals surface area contributed by atoms with E-state index >= 15 is 0 Å². The van der Waals surface area contributed by atoms with Gasteiger partial charge in [0.05, 0.1) is 9.49 Å². The van der Waals surface area contributed by atoms with Crippen molar-refractivity contribution in [1.82, 2.24) is 0 Å². The van der Waals surface area contributed by atoms with Crippen LogP contribution >= 0.6 is 33.9 Å². The average molecular weight is 406 g/mol. The zero-order chi connectivity index (χ0) is 14.7. The van der Waals surface area contributed by atoms with Crippen molar-refractivity contribution in [3.63, 3.8) is 0 Å². The highest BCUT2D eigenvalue weighted by molar-refractivity contribution is 14.1. The zero-order valence-electron chi connectivity index (χ0n) is 11.7. The molecule has 0 spiro atoms. The van der Waals surface area contributed by atoms with Crippen LogP contribution < -0.4 is 4.74 Å². The molecule has 1 heterocycles. The Morgan fingerprint density at radius 3 is 1.90 bits per heavy atom. The third-order valence-corrected chi connectivity index (χ3v) is 5.18. The Labute approximate surface area is 142 Å². The smallest absolute Gasteiger partial charge is 0.119 e. The fraction of sp³-hybridized carbons (Fsp3) is 0.111. The SMILES string of the molecule is CCOc1ccc(-c2ccc(-c3ccc(I)s3)cc2)cc1. The molecule has 0 aliphatic carbocycles. The maximum Gasteiger partial charge on any atom is 0.119 e. The van der Waals surface area contributed by atoms with E-state index in [-0.39, 0.29) is 0 Å². The van der Waals surface area contributed by atoms with E-state index in [0.29, 0.717) is 6.61 Å². The highest BCUT2D eigenvalue weighted by Gasteiger charge is 2.03. The number of hydrogen-bond acceptors (Lipinski definition) is 2. The van der Waals surface area contributed by atoms with E-state index in [1.807, 2.05) is 30.4 Å². The summed E-state index contributed by atoms with van der Waals surface area (Å²) in [7, 11) is 0. The van der Waals surface area contributed by atoms with Gasteiger partial charge in [-0.3, -0.25) is 0 Å². The van der Waals surface area contributed by atoms with Crippen LogP contribution in [0.2, 0.25) is 0 Å². The molecule has 0 saturated heterocycles. The van der Waals surface area contributed by atoms with Crippen LogP contribution in [0.4, 0.5) is 0 Å². The summed E-state index contributed by atoms with van der Waals surface area (Å²) in [5.74, 6) is 0.922. The van der Waals surface area contributed by atoms with Crippen LogP contribution in [-0.4, -0.2) is 6.61 Å². The standard InChI is InChI=1S/C18H15IOS/c1-2-20-16-9-7-14(8-10-16)13-3-5-15(6-4-13)17-11-12-18(19)21-17/h3-12H,2H2,1H3. The molecule has 1 nitrogen and oxygen atoms in total. The molecular weight excluding hydrogens is 391 g/mol. The Morgan fingerprint density at radius 1 is 0.810 bits per heavy atom. The number of halogens is 1. The van der Waals surface area contributed by atoms with Gasteiger partial charge in [0.1, 0.15) is 5.75 Å². The Bertz CT molecular complexity index is 714. The van der Waals surface area contributed by atoms with E-state index in [0.717, 1.165) is 5.75 Å². The fourth-order valence-electron chi connectivity index (χ4n) is 2.21. The van der Waals surface area contributed by atoms with Gasteiger partial charge in [0.2, 0.25) is 0 Å². The summed E-state index contributed by atoms with van der Waals surface area (Å²) >= 11 is 4.18. The van der Waals surface area contributed by atoms with Crippen LogP contribution in [0, 0.1) is 2.88 Å². The first-order valence-electron chi connectivity index (χ1n) is 6.85. The molecule has 0 N–H and O–H groups in total. The topological polar surface area (TPSA) is 9.23 Å². The normalized spacial score (nSPS) is 10.6. The van der Waals surface area contributed by atoms with E-state index < -0.39 is 0 Å². The molecule has 0 atom stereocenters. The predicted octanol–water partition coefficient (Wildman–Crippen LogP) is 6.09. The number of thiophene rings is 1. The molecular formula is C18H15IOS. The number of benzene rings is 2. The number of ether oxygens (including phenoxy) is 1. The monoisotopic (exact) mass is 406 g/mol. The van der Waals surface area contributed by atoms with Crippen LogP contribution in [0.5, 0.6) is 5.75 Å². The largest absolute Gasteiger partial charge is 0.494 e. The van der Waals surface area contributed by atoms with Gasteiger partial charge in [-0.05, 0) is 70.5 Å². The van der Waals surface area contributed by atoms with Crippen LogP contribution in [0.1, 0.15) is 6.92 Å². The summed E-state index contributed by atoms with van der Waals surface area (Å²) in [6.45, 7) is 2.70. The second-order valence-electron chi connectivity index (χ2n) is 4.64. The minimum absolute atomic E-state index is 0.702. The zero-order valence-corrected chi connectivity index (χ0v) is 14.6. The maximum atomic E-state index is 5.48. The second kappa shape index (κ2) is 6.62. The summed E-state index contributed by atoms with van der Waals surface area (Å²) in [6.07, 6.45) is 0. The lowest BCUT2D eigenvalue weighted by atomic mass is 10.0. The van der Waals surface area contributed by atoms with Crippen molar-refractivity contribution in [3.05, 3.63) is 63.5 Å². The van der Waals surface area contributed by atoms with Crippen molar-refractivity contribution in [3.8, 4) is 27.3 Å². The molecule has 0 radical (unpaired) electrons. The first-order chi connectivity index (χ1) is 10.3. The lowest BCUT2D eigenvalue weighted by Crippen LogP contribution is -1.90. The van der Waals surface area contributed by atoms with E-state index in [2.05, 4.69) is 71.1 Å². The van der Waals surface area contributed by atoms with Crippen molar-refractivity contribution in [2.24, 2.45) is 0 Å². The minimum Gasteiger partial charge on any atom is -0.494 e. The molecule has 0 bridgehead atoms. The van der Waals surface area contributed by atoms with Gasteiger partial charge in [0, 0.05) is 4.88 Å². The Kier molecular flexibility index (Phi) is 4.60. The fourth-order valence-corrected chi connectivity index (χ4v) is 3.83. The quantitative estimate of drug-likeness (QED) is 0.477. The molecule has 0 aliphatic heterocycles. The maximum absolute atomic E-state index is 5.48. The van der Waals surface area contributed by atoms with Crippen molar-refractivity contribution in [1.29, 1.82) is 0 Å². The van der Waals surface area contributed by atoms with Gasteiger partial charge in [0.25, 0.3) is 0 Å². The Morgan fingerprint density at radius 2 is 1.38 bits per heavy atom. The third-order valence-electron chi connectivity index (χ3n) is 3.24. The molecule has 3 rings (SSSR count). The predicted molar refractivity (Wildman–Crippen MR) is 99.1 cm³/mol. The summed E-state index contributed by atoms with van der Waals surface area (Å²) in [5.41, 5.74) is 3.72. The molecule has 0 amide bonds. The third kappa shape index (κ3) is 3.47. The first-order valence-corrected chi connectivity index (χ1v) is 8.75. The Balaban J connectivity index is 1.83. The van der Waals surface area contributed by atoms with E-state index in [1.54, 1.807) is 0 Å². The second-order valence-corrected chi connectivity index (χ2v) is 7.62. The average Bonchev–Trinajstić information content (AvgIpc) is 2.95. The van der Waals surface area contributed by atoms with Crippen molar-refractivity contribution >= 4 is 33.9 Å². The van der Waals surface area contributed by atoms with Crippen molar-refractivity contribution in [2.75, 3.05) is 6.61 Å². The van der Waals surface area contributed by atoms with Gasteiger partial charge >= 0.3 is 0 Å². The number of hydrogen-bond donors (Lipinski definition) is 0. The highest BCUT2D eigenvalue weighted by atomic mass is 127. The molecule has 0 aliphatic rings. The van der Waals surface area contributed by atoms with Crippen LogP contribution in [-0.2, 0) is 0 Å². The summed E-state index contributed by atoms with van der Waals surface area (Å²) < 4.78 is 6.79. The van der Waals surface area contributed by atoms with Gasteiger partial charge in [0.15, 0.2) is 0 Å². The van der Waals surface area contributed by atoms with E-state index in [1.165, 1.54) is 24.5 Å². The lowest BCUT2D eigenvalue weighted by molar-refractivity contribution is 0.340. The van der Waals surface area contributed by atoms with Gasteiger partial charge in [-0.25, -0.2) is 0 Å². The van der Waals surface area contributed by atoms with Crippen molar-refractivity contribution < 1.29 is 4.74 Å². The molecule has 3 aromatic rings. The van der Waals surface area contributed by atoms with Gasteiger partial charge in [-0.2, -0.15) is 0 Å².